The number of aromatic nitrogens is 3. The van der Waals surface area contributed by atoms with Gasteiger partial charge < -0.3 is 4.74 Å². The van der Waals surface area contributed by atoms with Crippen LogP contribution in [0, 0.1) is 28.6 Å². The van der Waals surface area contributed by atoms with Gasteiger partial charge in [0.25, 0.3) is 0 Å². The average Bonchev–Trinajstić information content (AvgIpc) is 3.22. The molecule has 1 aromatic heterocycles. The van der Waals surface area contributed by atoms with E-state index in [1.54, 1.807) is 0 Å². The van der Waals surface area contributed by atoms with Crippen molar-refractivity contribution >= 4 is 21.9 Å². The summed E-state index contributed by atoms with van der Waals surface area (Å²) in [5, 5.41) is 7.32. The van der Waals surface area contributed by atoms with Gasteiger partial charge in [-0.25, -0.2) is 4.98 Å². The molecule has 1 aliphatic carbocycles. The highest BCUT2D eigenvalue weighted by Gasteiger charge is 2.48. The predicted octanol–water partition coefficient (Wildman–Crippen LogP) is 7.87. The van der Waals surface area contributed by atoms with Crippen LogP contribution in [0.3, 0.4) is 0 Å². The molecule has 0 amide bonds. The summed E-state index contributed by atoms with van der Waals surface area (Å²) in [4.78, 5) is 17.3. The third-order valence-electron chi connectivity index (χ3n) is 7.54. The minimum Gasteiger partial charge on any atom is -0.461 e. The SMILES string of the molecule is CC1CC(C(C)(C)C)C(OC(=O)C(Br)c2nc(-c3ccc(C(C)(C)C)cc3)n[nH]2)C(C(C)(C)C)C1. The largest absolute Gasteiger partial charge is 0.461 e. The van der Waals surface area contributed by atoms with Gasteiger partial charge >= 0.3 is 5.97 Å². The number of benzene rings is 1. The van der Waals surface area contributed by atoms with Crippen LogP contribution >= 0.6 is 15.9 Å². The van der Waals surface area contributed by atoms with E-state index in [2.05, 4.69) is 112 Å². The van der Waals surface area contributed by atoms with Crippen LogP contribution in [0.1, 0.15) is 98.3 Å². The van der Waals surface area contributed by atoms with E-state index in [1.165, 1.54) is 5.56 Å². The molecule has 35 heavy (non-hydrogen) atoms. The summed E-state index contributed by atoms with van der Waals surface area (Å²) in [6.07, 6.45) is 2.00. The van der Waals surface area contributed by atoms with Crippen molar-refractivity contribution in [3.63, 3.8) is 0 Å². The number of nitrogens with zero attached hydrogens (tertiary/aromatic N) is 2. The average molecular weight is 547 g/mol. The molecule has 5 nitrogen and oxygen atoms in total. The van der Waals surface area contributed by atoms with Crippen LogP contribution in [-0.2, 0) is 14.9 Å². The molecule has 0 bridgehead atoms. The van der Waals surface area contributed by atoms with Crippen molar-refractivity contribution in [3.8, 4) is 11.4 Å². The summed E-state index contributed by atoms with van der Waals surface area (Å²) in [6.45, 7) is 22.5. The molecule has 3 atom stereocenters. The summed E-state index contributed by atoms with van der Waals surface area (Å²) >= 11 is 3.55. The lowest BCUT2D eigenvalue weighted by Gasteiger charge is -2.50. The third kappa shape index (κ3) is 6.55. The second-order valence-electron chi connectivity index (χ2n) is 13.7. The van der Waals surface area contributed by atoms with Gasteiger partial charge in [-0.1, -0.05) is 109 Å². The molecule has 1 aliphatic rings. The van der Waals surface area contributed by atoms with Crippen molar-refractivity contribution in [1.29, 1.82) is 0 Å². The lowest BCUT2D eigenvalue weighted by atomic mass is 9.59. The van der Waals surface area contributed by atoms with Gasteiger partial charge in [0.15, 0.2) is 10.7 Å². The first-order chi connectivity index (χ1) is 16.0. The van der Waals surface area contributed by atoms with Crippen molar-refractivity contribution in [2.45, 2.75) is 98.4 Å². The van der Waals surface area contributed by atoms with Gasteiger partial charge in [0.05, 0.1) is 0 Å². The van der Waals surface area contributed by atoms with Gasteiger partial charge in [0, 0.05) is 17.4 Å². The molecular formula is C29H44BrN3O2. The Labute approximate surface area is 220 Å². The van der Waals surface area contributed by atoms with E-state index in [4.69, 9.17) is 4.74 Å². The molecule has 2 aromatic rings. The second kappa shape index (κ2) is 9.99. The summed E-state index contributed by atoms with van der Waals surface area (Å²) in [7, 11) is 0. The van der Waals surface area contributed by atoms with Crippen molar-refractivity contribution in [2.75, 3.05) is 0 Å². The van der Waals surface area contributed by atoms with Crippen molar-refractivity contribution in [3.05, 3.63) is 35.7 Å². The normalized spacial score (nSPS) is 24.8. The van der Waals surface area contributed by atoms with Crippen LogP contribution in [0.5, 0.6) is 0 Å². The molecule has 1 aromatic carbocycles. The highest BCUT2D eigenvalue weighted by Crippen LogP contribution is 2.50. The Kier molecular flexibility index (Phi) is 7.96. The van der Waals surface area contributed by atoms with Crippen LogP contribution in [0.15, 0.2) is 24.3 Å². The topological polar surface area (TPSA) is 67.9 Å². The molecule has 1 N–H and O–H groups in total. The number of halogens is 1. The molecule has 6 heteroatoms. The van der Waals surface area contributed by atoms with Crippen molar-refractivity contribution in [2.24, 2.45) is 28.6 Å². The molecular weight excluding hydrogens is 502 g/mol. The van der Waals surface area contributed by atoms with Crippen LogP contribution in [-0.4, -0.2) is 27.3 Å². The number of ether oxygens (including phenoxy) is 1. The maximum atomic E-state index is 13.4. The number of esters is 1. The number of carbonyl (C=O) groups is 1. The molecule has 1 saturated carbocycles. The van der Waals surface area contributed by atoms with Crippen molar-refractivity contribution < 1.29 is 9.53 Å². The van der Waals surface area contributed by atoms with Gasteiger partial charge in [0.2, 0.25) is 0 Å². The van der Waals surface area contributed by atoms with E-state index in [0.717, 1.165) is 18.4 Å². The Morgan fingerprint density at radius 2 is 1.49 bits per heavy atom. The standard InChI is InChI=1S/C29H44BrN3O2/c1-17-15-20(28(5,6)7)23(21(16-17)29(8,9)10)35-26(34)22(30)25-31-24(32-33-25)18-11-13-19(14-12-18)27(2,3)4/h11-14,17,20-23H,15-16H2,1-10H3,(H,31,32,33). The number of hydrogen-bond donors (Lipinski definition) is 1. The smallest absolute Gasteiger partial charge is 0.327 e. The highest BCUT2D eigenvalue weighted by molar-refractivity contribution is 9.09. The molecule has 0 spiro atoms. The molecule has 0 aliphatic heterocycles. The fourth-order valence-corrected chi connectivity index (χ4v) is 5.62. The first-order valence-corrected chi connectivity index (χ1v) is 13.8. The number of nitrogens with one attached hydrogen (secondary N) is 1. The Balaban J connectivity index is 1.80. The number of alkyl halides is 1. The second-order valence-corrected chi connectivity index (χ2v) is 14.6. The van der Waals surface area contributed by atoms with E-state index in [0.29, 0.717) is 29.4 Å². The Morgan fingerprint density at radius 3 is 1.94 bits per heavy atom. The lowest BCUT2D eigenvalue weighted by molar-refractivity contribution is -0.168. The molecule has 1 fully saturated rings. The molecule has 3 rings (SSSR count). The van der Waals surface area contributed by atoms with E-state index in [9.17, 15) is 4.79 Å². The zero-order valence-electron chi connectivity index (χ0n) is 23.2. The number of carbonyl (C=O) groups excluding carboxylic acids is 1. The van der Waals surface area contributed by atoms with Gasteiger partial charge in [-0.2, -0.15) is 5.10 Å². The Hall–Kier alpha value is -1.69. The fourth-order valence-electron chi connectivity index (χ4n) is 5.31. The number of aromatic amines is 1. The fraction of sp³-hybridized carbons (Fsp3) is 0.690. The number of H-pyrrole nitrogens is 1. The maximum Gasteiger partial charge on any atom is 0.327 e. The minimum atomic E-state index is -0.696. The number of hydrogen-bond acceptors (Lipinski definition) is 4. The highest BCUT2D eigenvalue weighted by atomic mass is 79.9. The first-order valence-electron chi connectivity index (χ1n) is 12.9. The molecule has 1 heterocycles. The molecule has 194 valence electrons. The zero-order valence-corrected chi connectivity index (χ0v) is 24.8. The monoisotopic (exact) mass is 545 g/mol. The van der Waals surface area contributed by atoms with Gasteiger partial charge in [-0.15, -0.1) is 0 Å². The van der Waals surface area contributed by atoms with Gasteiger partial charge in [-0.05, 0) is 40.6 Å². The van der Waals surface area contributed by atoms with Crippen LogP contribution in [0.2, 0.25) is 0 Å². The third-order valence-corrected chi connectivity index (χ3v) is 8.35. The Bertz CT molecular complexity index is 984. The summed E-state index contributed by atoms with van der Waals surface area (Å²) in [6, 6.07) is 8.27. The molecule has 0 saturated heterocycles. The first kappa shape index (κ1) is 27.9. The van der Waals surface area contributed by atoms with Crippen LogP contribution < -0.4 is 0 Å². The van der Waals surface area contributed by atoms with E-state index in [-0.39, 0.29) is 28.3 Å². The molecule has 3 unspecified atom stereocenters. The van der Waals surface area contributed by atoms with E-state index >= 15 is 0 Å². The van der Waals surface area contributed by atoms with E-state index in [1.807, 2.05) is 12.1 Å². The predicted molar refractivity (Wildman–Crippen MR) is 146 cm³/mol. The quantitative estimate of drug-likeness (QED) is 0.313. The van der Waals surface area contributed by atoms with Crippen LogP contribution in [0.4, 0.5) is 0 Å². The Morgan fingerprint density at radius 1 is 0.971 bits per heavy atom. The van der Waals surface area contributed by atoms with Crippen LogP contribution in [0.25, 0.3) is 11.4 Å². The zero-order chi connectivity index (χ0) is 26.3. The van der Waals surface area contributed by atoms with Gasteiger partial charge in [-0.3, -0.25) is 9.89 Å². The maximum absolute atomic E-state index is 13.4. The van der Waals surface area contributed by atoms with Crippen molar-refractivity contribution in [1.82, 2.24) is 15.2 Å². The minimum absolute atomic E-state index is 0.0452. The summed E-state index contributed by atoms with van der Waals surface area (Å²) in [5.74, 6) is 1.94. The molecule has 0 radical (unpaired) electrons. The van der Waals surface area contributed by atoms with E-state index < -0.39 is 4.83 Å². The number of rotatable bonds is 4. The lowest BCUT2D eigenvalue weighted by Crippen LogP contribution is -2.49. The summed E-state index contributed by atoms with van der Waals surface area (Å²) in [5.41, 5.74) is 2.34. The van der Waals surface area contributed by atoms with Gasteiger partial charge in [0.1, 0.15) is 11.9 Å². The summed E-state index contributed by atoms with van der Waals surface area (Å²) < 4.78 is 6.33.